The number of hydrogen-bond acceptors (Lipinski definition) is 6. The smallest absolute Gasteiger partial charge is 0.258 e. The summed E-state index contributed by atoms with van der Waals surface area (Å²) in [7, 11) is 0. The molecule has 27 heavy (non-hydrogen) atoms. The van der Waals surface area contributed by atoms with Gasteiger partial charge < -0.3 is 10.2 Å². The van der Waals surface area contributed by atoms with Crippen LogP contribution in [-0.4, -0.2) is 33.4 Å². The maximum Gasteiger partial charge on any atom is 0.258 e. The van der Waals surface area contributed by atoms with Crippen LogP contribution < -0.4 is 15.8 Å². The first kappa shape index (κ1) is 17.2. The fraction of sp³-hybridized carbons (Fsp3) is 0.421. The summed E-state index contributed by atoms with van der Waals surface area (Å²) < 4.78 is 0. The van der Waals surface area contributed by atoms with Crippen LogP contribution in [0.1, 0.15) is 43.2 Å². The monoisotopic (exact) mass is 364 g/mol. The van der Waals surface area contributed by atoms with Crippen LogP contribution >= 0.6 is 0 Å². The lowest BCUT2D eigenvalue weighted by atomic mass is 9.80. The van der Waals surface area contributed by atoms with Gasteiger partial charge in [-0.1, -0.05) is 6.07 Å². The topological polar surface area (TPSA) is 115 Å². The van der Waals surface area contributed by atoms with Gasteiger partial charge in [0.2, 0.25) is 11.9 Å². The van der Waals surface area contributed by atoms with Crippen LogP contribution in [0, 0.1) is 17.2 Å². The molecule has 2 aliphatic heterocycles. The molecule has 2 N–H and O–H groups in total. The van der Waals surface area contributed by atoms with E-state index in [9.17, 15) is 14.9 Å². The maximum absolute atomic E-state index is 13.0. The molecule has 1 fully saturated rings. The minimum atomic E-state index is -1.01. The Balaban J connectivity index is 1.85. The lowest BCUT2D eigenvalue weighted by Crippen LogP contribution is -2.42. The summed E-state index contributed by atoms with van der Waals surface area (Å²) in [5.74, 6) is -1.46. The number of rotatable bonds is 2. The van der Waals surface area contributed by atoms with E-state index < -0.39 is 17.7 Å². The minimum absolute atomic E-state index is 0.233. The average molecular weight is 364 g/mol. The van der Waals surface area contributed by atoms with E-state index in [4.69, 9.17) is 0 Å². The largest absolute Gasteiger partial charge is 0.340 e. The van der Waals surface area contributed by atoms with Crippen molar-refractivity contribution in [3.8, 4) is 6.07 Å². The number of hydrogen-bond donors (Lipinski definition) is 2. The molecule has 2 aliphatic rings. The highest BCUT2D eigenvalue weighted by Gasteiger charge is 2.40. The third kappa shape index (κ3) is 2.95. The van der Waals surface area contributed by atoms with Crippen molar-refractivity contribution in [1.82, 2.24) is 15.0 Å². The molecular formula is C19H20N6O2. The van der Waals surface area contributed by atoms with Gasteiger partial charge in [0, 0.05) is 30.9 Å². The van der Waals surface area contributed by atoms with E-state index in [0.29, 0.717) is 17.1 Å². The van der Waals surface area contributed by atoms with E-state index in [1.54, 1.807) is 24.5 Å². The summed E-state index contributed by atoms with van der Waals surface area (Å²) in [6.45, 7) is 2.91. The molecule has 0 saturated carbocycles. The van der Waals surface area contributed by atoms with Gasteiger partial charge in [0.25, 0.3) is 5.56 Å². The van der Waals surface area contributed by atoms with Crippen molar-refractivity contribution in [2.75, 3.05) is 16.8 Å². The molecule has 0 radical (unpaired) electrons. The van der Waals surface area contributed by atoms with Gasteiger partial charge in [-0.25, -0.2) is 0 Å². The number of carbonyl (C=O) groups excluding carboxylic acids is 1. The lowest BCUT2D eigenvalue weighted by molar-refractivity contribution is -0.119. The number of aromatic nitrogens is 3. The molecule has 1 saturated heterocycles. The average Bonchev–Trinajstić information content (AvgIpc) is 2.67. The Morgan fingerprint density at radius 3 is 2.89 bits per heavy atom. The van der Waals surface area contributed by atoms with Crippen LogP contribution in [0.4, 0.5) is 11.8 Å². The van der Waals surface area contributed by atoms with Crippen LogP contribution in [0.3, 0.4) is 0 Å². The third-order valence-corrected chi connectivity index (χ3v) is 5.37. The molecule has 1 amide bonds. The summed E-state index contributed by atoms with van der Waals surface area (Å²) in [5.41, 5.74) is 0.621. The third-order valence-electron chi connectivity index (χ3n) is 5.37. The van der Waals surface area contributed by atoms with Gasteiger partial charge in [0.1, 0.15) is 11.7 Å². The second kappa shape index (κ2) is 6.83. The van der Waals surface area contributed by atoms with E-state index in [1.807, 2.05) is 6.07 Å². The van der Waals surface area contributed by atoms with Crippen LogP contribution in [0.15, 0.2) is 29.3 Å². The molecule has 4 rings (SSSR count). The number of pyridine rings is 1. The normalized spacial score (nSPS) is 24.7. The predicted molar refractivity (Wildman–Crippen MR) is 99.3 cm³/mol. The molecule has 3 unspecified atom stereocenters. The van der Waals surface area contributed by atoms with Crippen molar-refractivity contribution >= 4 is 17.7 Å². The van der Waals surface area contributed by atoms with Gasteiger partial charge in [-0.15, -0.1) is 0 Å². The Morgan fingerprint density at radius 1 is 1.33 bits per heavy atom. The number of carbonyl (C=O) groups is 1. The molecule has 3 atom stereocenters. The Bertz CT molecular complexity index is 964. The number of piperidine rings is 1. The zero-order valence-electron chi connectivity index (χ0n) is 15.0. The van der Waals surface area contributed by atoms with Crippen LogP contribution in [-0.2, 0) is 4.79 Å². The van der Waals surface area contributed by atoms with Crippen molar-refractivity contribution in [2.24, 2.45) is 5.92 Å². The molecule has 0 bridgehead atoms. The van der Waals surface area contributed by atoms with Gasteiger partial charge in [-0.3, -0.25) is 19.6 Å². The number of nitriles is 1. The number of aromatic amines is 1. The van der Waals surface area contributed by atoms with Crippen LogP contribution in [0.2, 0.25) is 0 Å². The fourth-order valence-electron chi connectivity index (χ4n) is 3.97. The van der Waals surface area contributed by atoms with Gasteiger partial charge in [-0.2, -0.15) is 10.2 Å². The highest BCUT2D eigenvalue weighted by Crippen LogP contribution is 2.38. The van der Waals surface area contributed by atoms with Crippen molar-refractivity contribution in [2.45, 2.75) is 38.1 Å². The Morgan fingerprint density at radius 2 is 2.19 bits per heavy atom. The molecule has 2 aromatic heterocycles. The first-order chi connectivity index (χ1) is 13.1. The fourth-order valence-corrected chi connectivity index (χ4v) is 3.97. The van der Waals surface area contributed by atoms with Crippen LogP contribution in [0.5, 0.6) is 0 Å². The van der Waals surface area contributed by atoms with Crippen molar-refractivity contribution < 1.29 is 4.79 Å². The molecule has 2 aromatic rings. The molecule has 0 spiro atoms. The highest BCUT2D eigenvalue weighted by atomic mass is 16.2. The number of H-pyrrole nitrogens is 1. The number of nitrogens with one attached hydrogen (secondary N) is 2. The maximum atomic E-state index is 13.0. The van der Waals surface area contributed by atoms with Crippen molar-refractivity contribution in [1.29, 1.82) is 5.26 Å². The highest BCUT2D eigenvalue weighted by molar-refractivity contribution is 5.97. The minimum Gasteiger partial charge on any atom is -0.340 e. The van der Waals surface area contributed by atoms with E-state index in [-0.39, 0.29) is 17.4 Å². The number of anilines is 2. The Hall–Kier alpha value is -3.21. The van der Waals surface area contributed by atoms with E-state index in [2.05, 4.69) is 32.1 Å². The van der Waals surface area contributed by atoms with Gasteiger partial charge in [-0.05, 0) is 37.8 Å². The molecule has 8 nitrogen and oxygen atoms in total. The quantitative estimate of drug-likeness (QED) is 0.839. The Kier molecular flexibility index (Phi) is 4.36. The lowest BCUT2D eigenvalue weighted by Gasteiger charge is -2.35. The zero-order chi connectivity index (χ0) is 19.0. The van der Waals surface area contributed by atoms with Crippen molar-refractivity contribution in [3.63, 3.8) is 0 Å². The van der Waals surface area contributed by atoms with Crippen molar-refractivity contribution in [3.05, 3.63) is 46.0 Å². The standard InChI is InChI=1S/C19H20N6O2/c1-11-5-2-3-8-25(11)19-23-16-15(18(27)24-19)14(12-6-4-7-21-10-12)13(9-20)17(26)22-16/h4,6-7,10-11,13-14H,2-3,5,8H2,1H3,(H2,22,23,24,26,27). The van der Waals surface area contributed by atoms with E-state index in [0.717, 1.165) is 25.8 Å². The number of amides is 1. The Labute approximate surface area is 156 Å². The molecule has 4 heterocycles. The van der Waals surface area contributed by atoms with E-state index >= 15 is 0 Å². The summed E-state index contributed by atoms with van der Waals surface area (Å²) in [4.78, 5) is 39.1. The molecule has 8 heteroatoms. The first-order valence-corrected chi connectivity index (χ1v) is 9.11. The zero-order valence-corrected chi connectivity index (χ0v) is 15.0. The van der Waals surface area contributed by atoms with Gasteiger partial charge in [0.05, 0.1) is 11.6 Å². The second-order valence-electron chi connectivity index (χ2n) is 7.05. The van der Waals surface area contributed by atoms with Gasteiger partial charge in [0.15, 0.2) is 0 Å². The predicted octanol–water partition coefficient (Wildman–Crippen LogP) is 1.77. The number of nitrogens with zero attached hydrogens (tertiary/aromatic N) is 4. The SMILES string of the molecule is CC1CCCCN1c1nc2c(c(=O)[nH]1)C(c1cccnc1)C(C#N)C(=O)N2. The number of fused-ring (bicyclic) bond motifs is 1. The van der Waals surface area contributed by atoms with E-state index in [1.165, 1.54) is 0 Å². The molecule has 0 aromatic carbocycles. The molecule has 0 aliphatic carbocycles. The summed E-state index contributed by atoms with van der Waals surface area (Å²) >= 11 is 0. The summed E-state index contributed by atoms with van der Waals surface area (Å²) in [6.07, 6.45) is 6.40. The summed E-state index contributed by atoms with van der Waals surface area (Å²) in [5, 5.41) is 12.2. The molecule has 138 valence electrons. The van der Waals surface area contributed by atoms with Crippen LogP contribution in [0.25, 0.3) is 0 Å². The first-order valence-electron chi connectivity index (χ1n) is 9.11. The summed E-state index contributed by atoms with van der Waals surface area (Å²) in [6, 6.07) is 5.78. The van der Waals surface area contributed by atoms with Gasteiger partial charge >= 0.3 is 0 Å². The second-order valence-corrected chi connectivity index (χ2v) is 7.05. The molecular weight excluding hydrogens is 344 g/mol.